The second-order valence-corrected chi connectivity index (χ2v) is 8.87. The molecule has 1 aliphatic carbocycles. The number of halogens is 1. The predicted octanol–water partition coefficient (Wildman–Crippen LogP) is 5.22. The third kappa shape index (κ3) is 4.77. The van der Waals surface area contributed by atoms with Gasteiger partial charge in [-0.25, -0.2) is 9.78 Å². The van der Waals surface area contributed by atoms with Crippen LogP contribution in [-0.2, 0) is 9.53 Å². The topological polar surface area (TPSA) is 68.3 Å². The number of nitrogens with one attached hydrogen (secondary N) is 1. The number of hydrogen-bond donors (Lipinski definition) is 1. The van der Waals surface area contributed by atoms with Gasteiger partial charge in [-0.1, -0.05) is 49.1 Å². The van der Waals surface area contributed by atoms with Crippen LogP contribution < -0.4 is 5.32 Å². The van der Waals surface area contributed by atoms with Gasteiger partial charge in [0.2, 0.25) is 0 Å². The number of pyridine rings is 1. The molecule has 1 aromatic carbocycles. The lowest BCUT2D eigenvalue weighted by Crippen LogP contribution is -2.38. The van der Waals surface area contributed by atoms with Gasteiger partial charge < -0.3 is 10.1 Å². The molecule has 1 aliphatic rings. The van der Waals surface area contributed by atoms with Crippen LogP contribution in [0.1, 0.15) is 42.5 Å². The number of nitrogens with zero attached hydrogens (tertiary/aromatic N) is 1. The molecule has 150 valence electrons. The van der Waals surface area contributed by atoms with Crippen molar-refractivity contribution < 1.29 is 14.3 Å². The number of thiophene rings is 1. The van der Waals surface area contributed by atoms with Crippen LogP contribution in [0.2, 0.25) is 4.34 Å². The summed E-state index contributed by atoms with van der Waals surface area (Å²) in [6, 6.07) is 12.9. The van der Waals surface area contributed by atoms with E-state index in [9.17, 15) is 9.59 Å². The molecule has 5 nitrogen and oxygen atoms in total. The normalized spacial score (nSPS) is 14.7. The fourth-order valence-electron chi connectivity index (χ4n) is 3.65. The molecule has 0 unspecified atom stereocenters. The maximum Gasteiger partial charge on any atom is 0.339 e. The molecule has 1 N–H and O–H groups in total. The Balaban J connectivity index is 1.52. The van der Waals surface area contributed by atoms with Gasteiger partial charge in [-0.3, -0.25) is 4.79 Å². The van der Waals surface area contributed by atoms with Crippen molar-refractivity contribution in [2.24, 2.45) is 0 Å². The van der Waals surface area contributed by atoms with E-state index in [1.54, 1.807) is 12.1 Å². The van der Waals surface area contributed by atoms with E-state index in [-0.39, 0.29) is 18.6 Å². The molecule has 1 amide bonds. The largest absolute Gasteiger partial charge is 0.452 e. The van der Waals surface area contributed by atoms with Gasteiger partial charge in [0.1, 0.15) is 0 Å². The van der Waals surface area contributed by atoms with Crippen molar-refractivity contribution in [2.45, 2.75) is 38.1 Å². The maximum atomic E-state index is 12.8. The van der Waals surface area contributed by atoms with Gasteiger partial charge in [0.25, 0.3) is 5.91 Å². The fourth-order valence-corrected chi connectivity index (χ4v) is 4.65. The Hall–Kier alpha value is -2.44. The van der Waals surface area contributed by atoms with Crippen LogP contribution in [0.3, 0.4) is 0 Å². The molecule has 0 spiro atoms. The van der Waals surface area contributed by atoms with Crippen molar-refractivity contribution in [3.63, 3.8) is 0 Å². The highest BCUT2D eigenvalue weighted by molar-refractivity contribution is 7.19. The summed E-state index contributed by atoms with van der Waals surface area (Å²) in [5.74, 6) is -0.792. The van der Waals surface area contributed by atoms with Crippen LogP contribution in [0.25, 0.3) is 21.5 Å². The Morgan fingerprint density at radius 3 is 2.69 bits per heavy atom. The van der Waals surface area contributed by atoms with E-state index in [1.165, 1.54) is 17.8 Å². The van der Waals surface area contributed by atoms with Gasteiger partial charge in [-0.15, -0.1) is 11.3 Å². The lowest BCUT2D eigenvalue weighted by Gasteiger charge is -2.22. The molecule has 0 aliphatic heterocycles. The van der Waals surface area contributed by atoms with Crippen molar-refractivity contribution in [3.8, 4) is 10.6 Å². The van der Waals surface area contributed by atoms with E-state index >= 15 is 0 Å². The van der Waals surface area contributed by atoms with Crippen LogP contribution in [0.5, 0.6) is 0 Å². The number of amides is 1. The smallest absolute Gasteiger partial charge is 0.339 e. The van der Waals surface area contributed by atoms with Crippen molar-refractivity contribution in [1.82, 2.24) is 10.3 Å². The molecule has 0 radical (unpaired) electrons. The second-order valence-electron chi connectivity index (χ2n) is 7.15. The zero-order valence-corrected chi connectivity index (χ0v) is 17.4. The summed E-state index contributed by atoms with van der Waals surface area (Å²) in [6.07, 6.45) is 5.45. The summed E-state index contributed by atoms with van der Waals surface area (Å²) in [6.45, 7) is -0.286. The number of esters is 1. The van der Waals surface area contributed by atoms with Crippen LogP contribution in [0.4, 0.5) is 0 Å². The van der Waals surface area contributed by atoms with E-state index in [4.69, 9.17) is 16.3 Å². The monoisotopic (exact) mass is 428 g/mol. The molecular formula is C22H21ClN2O3S. The highest BCUT2D eigenvalue weighted by atomic mass is 35.5. The minimum absolute atomic E-state index is 0.187. The molecule has 4 rings (SSSR count). The fraction of sp³-hybridized carbons (Fsp3) is 0.318. The molecule has 2 aromatic heterocycles. The predicted molar refractivity (Wildman–Crippen MR) is 115 cm³/mol. The summed E-state index contributed by atoms with van der Waals surface area (Å²) >= 11 is 7.44. The molecule has 0 bridgehead atoms. The molecule has 0 atom stereocenters. The Morgan fingerprint density at radius 1 is 1.14 bits per heavy atom. The first-order chi connectivity index (χ1) is 14.1. The molecule has 0 saturated heterocycles. The zero-order valence-electron chi connectivity index (χ0n) is 15.8. The summed E-state index contributed by atoms with van der Waals surface area (Å²) in [4.78, 5) is 30.5. The van der Waals surface area contributed by atoms with Crippen molar-refractivity contribution >= 4 is 45.7 Å². The molecule has 1 saturated carbocycles. The Bertz CT molecular complexity index is 1040. The minimum Gasteiger partial charge on any atom is -0.452 e. The first kappa shape index (κ1) is 19.9. The minimum atomic E-state index is -0.536. The molecule has 2 heterocycles. The van der Waals surface area contributed by atoms with Crippen LogP contribution in [0.15, 0.2) is 42.5 Å². The maximum absolute atomic E-state index is 12.8. The Kier molecular flexibility index (Phi) is 6.11. The number of aromatic nitrogens is 1. The van der Waals surface area contributed by atoms with Crippen LogP contribution in [0, 0.1) is 0 Å². The number of carbonyl (C=O) groups excluding carboxylic acids is 2. The lowest BCUT2D eigenvalue weighted by molar-refractivity contribution is -0.125. The Labute approximate surface area is 178 Å². The van der Waals surface area contributed by atoms with Gasteiger partial charge >= 0.3 is 5.97 Å². The van der Waals surface area contributed by atoms with E-state index in [0.717, 1.165) is 30.6 Å². The van der Waals surface area contributed by atoms with Crippen molar-refractivity contribution in [3.05, 3.63) is 52.4 Å². The third-order valence-corrected chi connectivity index (χ3v) is 6.32. The summed E-state index contributed by atoms with van der Waals surface area (Å²) < 4.78 is 5.99. The quantitative estimate of drug-likeness (QED) is 0.565. The Morgan fingerprint density at radius 2 is 1.93 bits per heavy atom. The lowest BCUT2D eigenvalue weighted by atomic mass is 9.95. The molecule has 1 fully saturated rings. The van der Waals surface area contributed by atoms with Gasteiger partial charge in [-0.2, -0.15) is 0 Å². The summed E-state index contributed by atoms with van der Waals surface area (Å²) in [7, 11) is 0. The SMILES string of the molecule is O=C(COC(=O)c1cc(-c2ccc(Cl)s2)nc2ccccc12)NC1CCCCC1. The van der Waals surface area contributed by atoms with Crippen LogP contribution in [-0.4, -0.2) is 29.5 Å². The van der Waals surface area contributed by atoms with E-state index in [1.807, 2.05) is 30.3 Å². The first-order valence-corrected chi connectivity index (χ1v) is 10.9. The van der Waals surface area contributed by atoms with E-state index in [0.29, 0.717) is 26.5 Å². The standard InChI is InChI=1S/C22H21ClN2O3S/c23-20-11-10-19(29-20)18-12-16(15-8-4-5-9-17(15)25-18)22(27)28-13-21(26)24-14-6-2-1-3-7-14/h4-5,8-12,14H,1-3,6-7,13H2,(H,24,26). The van der Waals surface area contributed by atoms with Gasteiger partial charge in [0.15, 0.2) is 6.61 Å². The molecule has 3 aromatic rings. The van der Waals surface area contributed by atoms with Gasteiger partial charge in [0.05, 0.1) is 26.0 Å². The van der Waals surface area contributed by atoms with Crippen LogP contribution >= 0.6 is 22.9 Å². The third-order valence-electron chi connectivity index (χ3n) is 5.07. The van der Waals surface area contributed by atoms with Crippen molar-refractivity contribution in [1.29, 1.82) is 0 Å². The summed E-state index contributed by atoms with van der Waals surface area (Å²) in [5.41, 5.74) is 1.73. The number of hydrogen-bond acceptors (Lipinski definition) is 5. The first-order valence-electron chi connectivity index (χ1n) is 9.72. The van der Waals surface area contributed by atoms with Gasteiger partial charge in [-0.05, 0) is 37.1 Å². The van der Waals surface area contributed by atoms with E-state index in [2.05, 4.69) is 10.3 Å². The number of rotatable bonds is 5. The number of benzene rings is 1. The zero-order chi connectivity index (χ0) is 20.2. The summed E-state index contributed by atoms with van der Waals surface area (Å²) in [5, 5.41) is 3.65. The molecule has 7 heteroatoms. The average molecular weight is 429 g/mol. The number of ether oxygens (including phenoxy) is 1. The molecule has 29 heavy (non-hydrogen) atoms. The number of para-hydroxylation sites is 1. The molecular weight excluding hydrogens is 408 g/mol. The average Bonchev–Trinajstić information content (AvgIpc) is 3.18. The second kappa shape index (κ2) is 8.93. The number of carbonyl (C=O) groups is 2. The highest BCUT2D eigenvalue weighted by Crippen LogP contribution is 2.32. The van der Waals surface area contributed by atoms with Gasteiger partial charge in [0, 0.05) is 11.4 Å². The highest BCUT2D eigenvalue weighted by Gasteiger charge is 2.19. The van der Waals surface area contributed by atoms with E-state index < -0.39 is 5.97 Å². The number of fused-ring (bicyclic) bond motifs is 1. The van der Waals surface area contributed by atoms with Crippen molar-refractivity contribution in [2.75, 3.05) is 6.61 Å².